The van der Waals surface area contributed by atoms with Gasteiger partial charge in [0.15, 0.2) is 5.78 Å². The SMILES string of the molecule is C=C1CN(Cc2ccc(C(=O)Cc3ccccc3N)cc2)C(CC(=O)OCC)c2ccccc21. The number of carbonyl (C=O) groups excluding carboxylic acids is 2. The maximum atomic E-state index is 12.8. The summed E-state index contributed by atoms with van der Waals surface area (Å²) < 4.78 is 5.25. The van der Waals surface area contributed by atoms with Gasteiger partial charge in [0.2, 0.25) is 0 Å². The maximum absolute atomic E-state index is 12.8. The van der Waals surface area contributed by atoms with Gasteiger partial charge in [0.05, 0.1) is 13.0 Å². The first kappa shape index (κ1) is 23.5. The smallest absolute Gasteiger partial charge is 0.307 e. The van der Waals surface area contributed by atoms with Crippen molar-refractivity contribution in [1.29, 1.82) is 0 Å². The molecular formula is C29H30N2O3. The van der Waals surface area contributed by atoms with Crippen LogP contribution < -0.4 is 5.73 Å². The Labute approximate surface area is 200 Å². The van der Waals surface area contributed by atoms with Crippen molar-refractivity contribution in [3.8, 4) is 0 Å². The Balaban J connectivity index is 1.51. The predicted octanol–water partition coefficient (Wildman–Crippen LogP) is 5.22. The summed E-state index contributed by atoms with van der Waals surface area (Å²) in [5, 5.41) is 0. The molecule has 0 spiro atoms. The summed E-state index contributed by atoms with van der Waals surface area (Å²) in [4.78, 5) is 27.4. The Morgan fingerprint density at radius 1 is 1.03 bits per heavy atom. The summed E-state index contributed by atoms with van der Waals surface area (Å²) in [6.45, 7) is 7.75. The fourth-order valence-electron chi connectivity index (χ4n) is 4.53. The monoisotopic (exact) mass is 454 g/mol. The van der Waals surface area contributed by atoms with E-state index < -0.39 is 0 Å². The highest BCUT2D eigenvalue weighted by Crippen LogP contribution is 2.37. The van der Waals surface area contributed by atoms with Crippen LogP contribution in [0.15, 0.2) is 79.4 Å². The zero-order valence-corrected chi connectivity index (χ0v) is 19.5. The molecule has 5 heteroatoms. The first-order valence-corrected chi connectivity index (χ1v) is 11.6. The minimum atomic E-state index is -0.207. The lowest BCUT2D eigenvalue weighted by Gasteiger charge is -2.38. The lowest BCUT2D eigenvalue weighted by atomic mass is 9.88. The van der Waals surface area contributed by atoms with Gasteiger partial charge in [-0.15, -0.1) is 0 Å². The summed E-state index contributed by atoms with van der Waals surface area (Å²) in [5.74, 6) is -0.175. The highest BCUT2D eigenvalue weighted by atomic mass is 16.5. The molecule has 3 aromatic rings. The van der Waals surface area contributed by atoms with Gasteiger partial charge >= 0.3 is 5.97 Å². The second-order valence-corrected chi connectivity index (χ2v) is 8.62. The summed E-state index contributed by atoms with van der Waals surface area (Å²) in [7, 11) is 0. The van der Waals surface area contributed by atoms with Crippen molar-refractivity contribution in [1.82, 2.24) is 4.90 Å². The third-order valence-electron chi connectivity index (χ3n) is 6.27. The number of esters is 1. The van der Waals surface area contributed by atoms with Crippen molar-refractivity contribution >= 4 is 23.0 Å². The van der Waals surface area contributed by atoms with Gasteiger partial charge in [-0.3, -0.25) is 14.5 Å². The van der Waals surface area contributed by atoms with Crippen LogP contribution in [-0.2, 0) is 22.5 Å². The van der Waals surface area contributed by atoms with Gasteiger partial charge in [0.1, 0.15) is 0 Å². The highest BCUT2D eigenvalue weighted by Gasteiger charge is 2.31. The van der Waals surface area contributed by atoms with Crippen molar-refractivity contribution in [3.05, 3.63) is 107 Å². The molecule has 5 nitrogen and oxygen atoms in total. The average molecular weight is 455 g/mol. The number of ether oxygens (including phenoxy) is 1. The van der Waals surface area contributed by atoms with E-state index in [1.165, 1.54) is 0 Å². The van der Waals surface area contributed by atoms with Crippen LogP contribution in [0.3, 0.4) is 0 Å². The third-order valence-corrected chi connectivity index (χ3v) is 6.27. The largest absolute Gasteiger partial charge is 0.466 e. The second kappa shape index (κ2) is 10.5. The normalized spacial score (nSPS) is 15.6. The van der Waals surface area contributed by atoms with Crippen LogP contribution in [0, 0.1) is 0 Å². The molecule has 0 amide bonds. The quantitative estimate of drug-likeness (QED) is 0.287. The van der Waals surface area contributed by atoms with E-state index in [1.807, 2.05) is 67.6 Å². The average Bonchev–Trinajstić information content (AvgIpc) is 2.83. The van der Waals surface area contributed by atoms with Gasteiger partial charge in [-0.2, -0.15) is 0 Å². The van der Waals surface area contributed by atoms with Crippen LogP contribution >= 0.6 is 0 Å². The highest BCUT2D eigenvalue weighted by molar-refractivity contribution is 5.98. The van der Waals surface area contributed by atoms with Crippen LogP contribution in [0.2, 0.25) is 0 Å². The molecule has 174 valence electrons. The molecule has 0 aliphatic carbocycles. The Morgan fingerprint density at radius 2 is 1.74 bits per heavy atom. The molecule has 34 heavy (non-hydrogen) atoms. The summed E-state index contributed by atoms with van der Waals surface area (Å²) in [6.07, 6.45) is 0.559. The zero-order chi connectivity index (χ0) is 24.1. The number of Topliss-reactive ketones (excluding diaryl/α,β-unsaturated/α-hetero) is 1. The summed E-state index contributed by atoms with van der Waals surface area (Å²) in [6, 6.07) is 23.2. The van der Waals surface area contributed by atoms with Crippen LogP contribution in [0.4, 0.5) is 5.69 Å². The second-order valence-electron chi connectivity index (χ2n) is 8.62. The first-order valence-electron chi connectivity index (χ1n) is 11.6. The van der Waals surface area contributed by atoms with Crippen molar-refractivity contribution in [3.63, 3.8) is 0 Å². The number of nitrogens with two attached hydrogens (primary N) is 1. The van der Waals surface area contributed by atoms with E-state index in [0.29, 0.717) is 30.9 Å². The minimum Gasteiger partial charge on any atom is -0.466 e. The number of ketones is 1. The van der Waals surface area contributed by atoms with E-state index >= 15 is 0 Å². The number of fused-ring (bicyclic) bond motifs is 1. The number of nitrogen functional groups attached to an aromatic ring is 1. The van der Waals surface area contributed by atoms with Gasteiger partial charge in [0.25, 0.3) is 0 Å². The first-order chi connectivity index (χ1) is 16.5. The van der Waals surface area contributed by atoms with E-state index in [0.717, 1.165) is 27.8 Å². The predicted molar refractivity (Wildman–Crippen MR) is 135 cm³/mol. The van der Waals surface area contributed by atoms with Gasteiger partial charge in [-0.25, -0.2) is 0 Å². The Hall–Kier alpha value is -3.70. The number of carbonyl (C=O) groups is 2. The number of rotatable bonds is 8. The van der Waals surface area contributed by atoms with Gasteiger partial charge < -0.3 is 10.5 Å². The van der Waals surface area contributed by atoms with Gasteiger partial charge in [0, 0.05) is 36.8 Å². The Bertz CT molecular complexity index is 1200. The molecule has 1 heterocycles. The number of hydrogen-bond donors (Lipinski definition) is 1. The van der Waals surface area contributed by atoms with Crippen LogP contribution in [0.25, 0.3) is 5.57 Å². The lowest BCUT2D eigenvalue weighted by Crippen LogP contribution is -2.35. The summed E-state index contributed by atoms with van der Waals surface area (Å²) >= 11 is 0. The molecular weight excluding hydrogens is 424 g/mol. The van der Waals surface area contributed by atoms with Gasteiger partial charge in [-0.1, -0.05) is 73.3 Å². The van der Waals surface area contributed by atoms with Crippen molar-refractivity contribution in [2.45, 2.75) is 32.4 Å². The Morgan fingerprint density at radius 3 is 2.47 bits per heavy atom. The molecule has 3 aromatic carbocycles. The number of nitrogens with zero attached hydrogens (tertiary/aromatic N) is 1. The van der Waals surface area contributed by atoms with Gasteiger partial charge in [-0.05, 0) is 40.8 Å². The molecule has 0 saturated carbocycles. The zero-order valence-electron chi connectivity index (χ0n) is 19.5. The summed E-state index contributed by atoms with van der Waals surface area (Å²) in [5.41, 5.74) is 12.4. The third kappa shape index (κ3) is 5.26. The molecule has 0 aromatic heterocycles. The number of benzene rings is 3. The van der Waals surface area contributed by atoms with Crippen molar-refractivity contribution < 1.29 is 14.3 Å². The molecule has 0 radical (unpaired) electrons. The molecule has 4 rings (SSSR count). The van der Waals surface area contributed by atoms with Crippen LogP contribution in [0.1, 0.15) is 52.0 Å². The minimum absolute atomic E-state index is 0.0323. The topological polar surface area (TPSA) is 72.6 Å². The van der Waals surface area contributed by atoms with Crippen molar-refractivity contribution in [2.75, 3.05) is 18.9 Å². The lowest BCUT2D eigenvalue weighted by molar-refractivity contribution is -0.144. The number of hydrogen-bond acceptors (Lipinski definition) is 5. The van der Waals surface area contributed by atoms with E-state index in [1.54, 1.807) is 0 Å². The van der Waals surface area contributed by atoms with E-state index in [9.17, 15) is 9.59 Å². The van der Waals surface area contributed by atoms with Crippen LogP contribution in [0.5, 0.6) is 0 Å². The molecule has 0 saturated heterocycles. The molecule has 0 bridgehead atoms. The maximum Gasteiger partial charge on any atom is 0.307 e. The molecule has 1 unspecified atom stereocenters. The standard InChI is InChI=1S/C29H30N2O3/c1-3-34-29(33)17-27-25-10-6-5-9-24(25)20(2)18-31(27)19-21-12-14-22(15-13-21)28(32)16-23-8-4-7-11-26(23)30/h4-15,27H,2-3,16-19,30H2,1H3. The van der Waals surface area contributed by atoms with Crippen molar-refractivity contribution in [2.24, 2.45) is 0 Å². The molecule has 1 aliphatic heterocycles. The Kier molecular flexibility index (Phi) is 7.24. The number of para-hydroxylation sites is 1. The van der Waals surface area contributed by atoms with E-state index in [4.69, 9.17) is 10.5 Å². The number of anilines is 1. The van der Waals surface area contributed by atoms with E-state index in [-0.39, 0.29) is 30.6 Å². The molecule has 0 fully saturated rings. The molecule has 1 aliphatic rings. The molecule has 1 atom stereocenters. The molecule has 2 N–H and O–H groups in total. The fourth-order valence-corrected chi connectivity index (χ4v) is 4.53. The van der Waals surface area contributed by atoms with Crippen LogP contribution in [-0.4, -0.2) is 29.8 Å². The van der Waals surface area contributed by atoms with E-state index in [2.05, 4.69) is 23.6 Å². The fraction of sp³-hybridized carbons (Fsp3) is 0.241.